The number of piperazine rings is 1. The summed E-state index contributed by atoms with van der Waals surface area (Å²) in [6.07, 6.45) is -3.21. The number of alkyl halides is 3. The molecule has 1 atom stereocenters. The molecule has 0 radical (unpaired) electrons. The van der Waals surface area contributed by atoms with Crippen LogP contribution in [0.2, 0.25) is 0 Å². The Bertz CT molecular complexity index is 949. The number of halogens is 3. The molecule has 0 unspecified atom stereocenters. The van der Waals surface area contributed by atoms with Crippen LogP contribution in [0.5, 0.6) is 5.88 Å². The Morgan fingerprint density at radius 1 is 1.39 bits per heavy atom. The van der Waals surface area contributed by atoms with Crippen LogP contribution in [0, 0.1) is 0 Å². The third-order valence-corrected chi connectivity index (χ3v) is 5.00. The summed E-state index contributed by atoms with van der Waals surface area (Å²) < 4.78 is 46.5. The number of rotatable bonds is 3. The fraction of sp³-hybridized carbons (Fsp3) is 0.333. The number of hydrogen-bond acceptors (Lipinski definition) is 6. The Balaban J connectivity index is 1.88. The van der Waals surface area contributed by atoms with E-state index in [2.05, 4.69) is 15.6 Å². The van der Waals surface area contributed by atoms with Gasteiger partial charge in [0.05, 0.1) is 18.2 Å². The largest absolute Gasteiger partial charge is 0.480 e. The first-order valence-corrected chi connectivity index (χ1v) is 8.59. The average Bonchev–Trinajstić information content (AvgIpc) is 2.88. The summed E-state index contributed by atoms with van der Waals surface area (Å²) in [6.45, 7) is 0.876. The first-order valence-electron chi connectivity index (χ1n) is 8.59. The summed E-state index contributed by atoms with van der Waals surface area (Å²) in [6, 6.07) is 5.66. The number of benzene rings is 1. The van der Waals surface area contributed by atoms with Gasteiger partial charge in [0.15, 0.2) is 0 Å². The smallest absolute Gasteiger partial charge is 0.417 e. The lowest BCUT2D eigenvalue weighted by Gasteiger charge is -2.40. The van der Waals surface area contributed by atoms with Gasteiger partial charge in [0.1, 0.15) is 11.4 Å². The van der Waals surface area contributed by atoms with E-state index in [0.717, 1.165) is 6.07 Å². The van der Waals surface area contributed by atoms with Crippen molar-refractivity contribution < 1.29 is 22.7 Å². The number of nitrogens with two attached hydrogens (primary N) is 1. The highest BCUT2D eigenvalue weighted by molar-refractivity contribution is 6.02. The van der Waals surface area contributed by atoms with Crippen LogP contribution in [-0.2, 0) is 11.8 Å². The number of carbonyl (C=O) groups excluding carboxylic acids is 1. The molecular weight excluding hydrogens is 375 g/mol. The molecule has 1 aromatic carbocycles. The van der Waals surface area contributed by atoms with E-state index in [1.807, 2.05) is 0 Å². The first kappa shape index (κ1) is 18.5. The van der Waals surface area contributed by atoms with Crippen molar-refractivity contribution in [3.05, 3.63) is 47.2 Å². The average molecular weight is 393 g/mol. The second-order valence-corrected chi connectivity index (χ2v) is 6.69. The van der Waals surface area contributed by atoms with Gasteiger partial charge in [-0.3, -0.25) is 4.79 Å². The van der Waals surface area contributed by atoms with Gasteiger partial charge >= 0.3 is 6.18 Å². The van der Waals surface area contributed by atoms with Crippen LogP contribution < -0.4 is 21.1 Å². The summed E-state index contributed by atoms with van der Waals surface area (Å²) in [5.41, 5.74) is 4.35. The molecular formula is C18H18F3N5O2. The predicted molar refractivity (Wildman–Crippen MR) is 95.3 cm³/mol. The van der Waals surface area contributed by atoms with Gasteiger partial charge in [0.2, 0.25) is 5.88 Å². The van der Waals surface area contributed by atoms with Crippen molar-refractivity contribution in [2.45, 2.75) is 11.8 Å². The molecule has 10 heteroatoms. The molecule has 2 aromatic rings. The van der Waals surface area contributed by atoms with E-state index in [4.69, 9.17) is 10.5 Å². The van der Waals surface area contributed by atoms with E-state index in [1.54, 1.807) is 12.1 Å². The van der Waals surface area contributed by atoms with Crippen LogP contribution in [0.4, 0.5) is 24.5 Å². The SMILES string of the molecule is COc1ncccc1Nc1cc(C(F)(F)F)c2c(c1)[C@]1(N)CNCCN1C2=O. The molecule has 0 saturated carbocycles. The zero-order valence-corrected chi connectivity index (χ0v) is 14.9. The van der Waals surface area contributed by atoms with E-state index in [9.17, 15) is 18.0 Å². The minimum absolute atomic E-state index is 0.141. The van der Waals surface area contributed by atoms with Gasteiger partial charge in [-0.05, 0) is 24.3 Å². The van der Waals surface area contributed by atoms with Crippen LogP contribution in [0.1, 0.15) is 21.5 Å². The number of pyridine rings is 1. The number of nitrogens with zero attached hydrogens (tertiary/aromatic N) is 2. The van der Waals surface area contributed by atoms with E-state index in [1.165, 1.54) is 24.3 Å². The van der Waals surface area contributed by atoms with Crippen molar-refractivity contribution in [2.24, 2.45) is 5.73 Å². The minimum atomic E-state index is -4.71. The van der Waals surface area contributed by atoms with Crippen LogP contribution in [0.15, 0.2) is 30.5 Å². The maximum atomic E-state index is 13.8. The fourth-order valence-electron chi connectivity index (χ4n) is 3.74. The summed E-state index contributed by atoms with van der Waals surface area (Å²) in [4.78, 5) is 18.1. The summed E-state index contributed by atoms with van der Waals surface area (Å²) in [5.74, 6) is -0.465. The maximum absolute atomic E-state index is 13.8. The Hall–Kier alpha value is -2.85. The molecule has 1 fully saturated rings. The maximum Gasteiger partial charge on any atom is 0.417 e. The number of aromatic nitrogens is 1. The number of hydrogen-bond donors (Lipinski definition) is 3. The molecule has 0 bridgehead atoms. The Labute approximate surface area is 158 Å². The molecule has 4 N–H and O–H groups in total. The number of ether oxygens (including phenoxy) is 1. The molecule has 1 amide bonds. The first-order chi connectivity index (χ1) is 13.3. The van der Waals surface area contributed by atoms with Gasteiger partial charge in [-0.2, -0.15) is 13.2 Å². The van der Waals surface area contributed by atoms with Crippen LogP contribution >= 0.6 is 0 Å². The molecule has 148 valence electrons. The highest BCUT2D eigenvalue weighted by Gasteiger charge is 2.52. The zero-order chi connectivity index (χ0) is 20.1. The molecule has 4 rings (SSSR count). The van der Waals surface area contributed by atoms with Crippen LogP contribution in [-0.4, -0.2) is 42.5 Å². The summed E-state index contributed by atoms with van der Waals surface area (Å²) >= 11 is 0. The topological polar surface area (TPSA) is 92.5 Å². The van der Waals surface area contributed by atoms with Crippen molar-refractivity contribution in [2.75, 3.05) is 32.1 Å². The number of fused-ring (bicyclic) bond motifs is 3. The number of amides is 1. The molecule has 28 heavy (non-hydrogen) atoms. The zero-order valence-electron chi connectivity index (χ0n) is 14.9. The second kappa shape index (κ2) is 6.35. The van der Waals surface area contributed by atoms with Gasteiger partial charge in [0, 0.05) is 37.1 Å². The predicted octanol–water partition coefficient (Wildman–Crippen LogP) is 2.02. The van der Waals surface area contributed by atoms with Gasteiger partial charge in [-0.25, -0.2) is 4.98 Å². The molecule has 0 spiro atoms. The number of methoxy groups -OCH3 is 1. The normalized spacial score (nSPS) is 21.3. The van der Waals surface area contributed by atoms with Gasteiger partial charge in [-0.1, -0.05) is 0 Å². The monoisotopic (exact) mass is 393 g/mol. The molecule has 2 aliphatic heterocycles. The van der Waals surface area contributed by atoms with E-state index in [0.29, 0.717) is 12.2 Å². The van der Waals surface area contributed by atoms with Crippen molar-refractivity contribution in [1.29, 1.82) is 0 Å². The standard InChI is InChI=1S/C18H18F3N5O2/c1-28-15-13(3-2-4-24-15)25-10-7-11-14(12(8-10)18(19,20)21)16(27)26-6-5-23-9-17(11,26)22/h2-4,7-8,23,25H,5-6,9,22H2,1H3/t17-/m0/s1. The third-order valence-electron chi connectivity index (χ3n) is 5.00. The molecule has 0 aliphatic carbocycles. The molecule has 3 heterocycles. The van der Waals surface area contributed by atoms with E-state index >= 15 is 0 Å². The quantitative estimate of drug-likeness (QED) is 0.739. The lowest BCUT2D eigenvalue weighted by Crippen LogP contribution is -2.62. The van der Waals surface area contributed by atoms with Gasteiger partial charge < -0.3 is 26.0 Å². The minimum Gasteiger partial charge on any atom is -0.480 e. The molecule has 1 saturated heterocycles. The van der Waals surface area contributed by atoms with E-state index in [-0.39, 0.29) is 35.8 Å². The summed E-state index contributed by atoms with van der Waals surface area (Å²) in [5, 5.41) is 5.95. The number of nitrogens with one attached hydrogen (secondary N) is 2. The fourth-order valence-corrected chi connectivity index (χ4v) is 3.74. The highest BCUT2D eigenvalue weighted by atomic mass is 19.4. The lowest BCUT2D eigenvalue weighted by atomic mass is 9.93. The lowest BCUT2D eigenvalue weighted by molar-refractivity contribution is -0.137. The number of anilines is 2. The van der Waals surface area contributed by atoms with Crippen LogP contribution in [0.3, 0.4) is 0 Å². The van der Waals surface area contributed by atoms with Gasteiger partial charge in [0.25, 0.3) is 5.91 Å². The van der Waals surface area contributed by atoms with Crippen molar-refractivity contribution in [1.82, 2.24) is 15.2 Å². The van der Waals surface area contributed by atoms with Crippen LogP contribution in [0.25, 0.3) is 0 Å². The Kier molecular flexibility index (Phi) is 4.20. The third kappa shape index (κ3) is 2.76. The number of carbonyl (C=O) groups is 1. The molecule has 7 nitrogen and oxygen atoms in total. The summed E-state index contributed by atoms with van der Waals surface area (Å²) in [7, 11) is 1.41. The highest BCUT2D eigenvalue weighted by Crippen LogP contribution is 2.45. The Morgan fingerprint density at radius 3 is 2.89 bits per heavy atom. The van der Waals surface area contributed by atoms with E-state index < -0.39 is 23.3 Å². The molecule has 2 aliphatic rings. The second-order valence-electron chi connectivity index (χ2n) is 6.69. The van der Waals surface area contributed by atoms with Crippen molar-refractivity contribution >= 4 is 17.3 Å². The Morgan fingerprint density at radius 2 is 2.18 bits per heavy atom. The molecule has 1 aromatic heterocycles. The van der Waals surface area contributed by atoms with Crippen molar-refractivity contribution in [3.63, 3.8) is 0 Å². The van der Waals surface area contributed by atoms with Crippen molar-refractivity contribution in [3.8, 4) is 5.88 Å². The van der Waals surface area contributed by atoms with Gasteiger partial charge in [-0.15, -0.1) is 0 Å².